The van der Waals surface area contributed by atoms with Gasteiger partial charge in [-0.2, -0.15) is 8.78 Å². The lowest BCUT2D eigenvalue weighted by Crippen LogP contribution is -2.15. The van der Waals surface area contributed by atoms with Gasteiger partial charge < -0.3 is 24.7 Å². The van der Waals surface area contributed by atoms with Crippen LogP contribution in [0.25, 0.3) is 22.2 Å². The van der Waals surface area contributed by atoms with Crippen LogP contribution in [-0.4, -0.2) is 36.7 Å². The minimum Gasteiger partial charge on any atom is -0.496 e. The van der Waals surface area contributed by atoms with E-state index >= 15 is 8.78 Å². The van der Waals surface area contributed by atoms with Gasteiger partial charge in [-0.25, -0.2) is 8.78 Å². The highest BCUT2D eigenvalue weighted by Crippen LogP contribution is 2.40. The fraction of sp³-hybridized carbons (Fsp3) is 0.125. The van der Waals surface area contributed by atoms with E-state index in [0.29, 0.717) is 0 Å². The Labute approximate surface area is 201 Å². The van der Waals surface area contributed by atoms with E-state index in [-0.39, 0.29) is 50.7 Å². The third-order valence-corrected chi connectivity index (χ3v) is 5.07. The van der Waals surface area contributed by atoms with E-state index in [4.69, 9.17) is 19.9 Å². The molecule has 36 heavy (non-hydrogen) atoms. The number of benzene rings is 2. The highest BCUT2D eigenvalue weighted by Gasteiger charge is 2.22. The number of rotatable bonds is 8. The van der Waals surface area contributed by atoms with Gasteiger partial charge >= 0.3 is 6.61 Å². The average Bonchev–Trinajstić information content (AvgIpc) is 2.84. The molecule has 12 heteroatoms. The lowest BCUT2D eigenvalue weighted by Gasteiger charge is -2.15. The number of aromatic nitrogens is 2. The molecule has 2 heterocycles. The highest BCUT2D eigenvalue weighted by atomic mass is 19.3. The van der Waals surface area contributed by atoms with Crippen LogP contribution in [0.5, 0.6) is 28.7 Å². The fourth-order valence-electron chi connectivity index (χ4n) is 3.54. The molecule has 8 nitrogen and oxygen atoms in total. The fourth-order valence-corrected chi connectivity index (χ4v) is 3.54. The molecule has 0 unspecified atom stereocenters. The summed E-state index contributed by atoms with van der Waals surface area (Å²) in [4.78, 5) is 20.0. The third-order valence-electron chi connectivity index (χ3n) is 5.07. The van der Waals surface area contributed by atoms with Crippen molar-refractivity contribution in [3.63, 3.8) is 0 Å². The number of pyridine rings is 2. The molecular weight excluding hydrogens is 486 g/mol. The smallest absolute Gasteiger partial charge is 0.387 e. The van der Waals surface area contributed by atoms with E-state index in [1.807, 2.05) is 0 Å². The number of alkyl halides is 2. The second-order valence-corrected chi connectivity index (χ2v) is 7.18. The van der Waals surface area contributed by atoms with Crippen LogP contribution in [0.2, 0.25) is 0 Å². The van der Waals surface area contributed by atoms with E-state index in [1.54, 1.807) is 0 Å². The molecule has 1 amide bonds. The molecule has 0 aliphatic heterocycles. The Balaban J connectivity index is 1.78. The molecule has 0 atom stereocenters. The van der Waals surface area contributed by atoms with Crippen LogP contribution < -0.4 is 24.7 Å². The van der Waals surface area contributed by atoms with Gasteiger partial charge in [0.2, 0.25) is 0 Å². The number of halogens is 4. The molecule has 186 valence electrons. The summed E-state index contributed by atoms with van der Waals surface area (Å²) in [6, 6.07) is 7.03. The molecule has 2 aromatic heterocycles. The second kappa shape index (κ2) is 9.94. The number of amides is 1. The van der Waals surface area contributed by atoms with Crippen molar-refractivity contribution in [3.8, 4) is 40.0 Å². The van der Waals surface area contributed by atoms with Gasteiger partial charge in [0.25, 0.3) is 5.91 Å². The molecule has 0 radical (unpaired) electrons. The largest absolute Gasteiger partial charge is 0.496 e. The number of ether oxygens (including phenoxy) is 4. The van der Waals surface area contributed by atoms with Crippen molar-refractivity contribution >= 4 is 16.8 Å². The van der Waals surface area contributed by atoms with E-state index in [9.17, 15) is 13.6 Å². The van der Waals surface area contributed by atoms with Crippen molar-refractivity contribution in [1.82, 2.24) is 9.97 Å². The van der Waals surface area contributed by atoms with Crippen molar-refractivity contribution in [2.24, 2.45) is 5.73 Å². The highest BCUT2D eigenvalue weighted by molar-refractivity contribution is 6.01. The average molecular weight is 503 g/mol. The third kappa shape index (κ3) is 4.65. The van der Waals surface area contributed by atoms with Gasteiger partial charge in [0.1, 0.15) is 17.1 Å². The van der Waals surface area contributed by atoms with Gasteiger partial charge in [-0.1, -0.05) is 0 Å². The topological polar surface area (TPSA) is 106 Å². The van der Waals surface area contributed by atoms with Crippen LogP contribution in [0.3, 0.4) is 0 Å². The molecule has 0 aliphatic carbocycles. The molecule has 0 fully saturated rings. The molecule has 0 saturated heterocycles. The van der Waals surface area contributed by atoms with Crippen molar-refractivity contribution in [3.05, 3.63) is 66.0 Å². The van der Waals surface area contributed by atoms with Crippen LogP contribution >= 0.6 is 0 Å². The molecule has 2 N–H and O–H groups in total. The van der Waals surface area contributed by atoms with Crippen molar-refractivity contribution < 1.29 is 41.3 Å². The lowest BCUT2D eigenvalue weighted by atomic mass is 10.0. The minimum atomic E-state index is -3.10. The van der Waals surface area contributed by atoms with Crippen LogP contribution in [0.1, 0.15) is 10.4 Å². The van der Waals surface area contributed by atoms with Gasteiger partial charge in [-0.15, -0.1) is 0 Å². The molecule has 0 aliphatic rings. The van der Waals surface area contributed by atoms with Crippen LogP contribution in [0.4, 0.5) is 17.6 Å². The number of primary amides is 1. The van der Waals surface area contributed by atoms with Crippen molar-refractivity contribution in [1.29, 1.82) is 0 Å². The summed E-state index contributed by atoms with van der Waals surface area (Å²) >= 11 is 0. The summed E-state index contributed by atoms with van der Waals surface area (Å²) in [5.41, 5.74) is 5.24. The van der Waals surface area contributed by atoms with E-state index in [2.05, 4.69) is 14.7 Å². The van der Waals surface area contributed by atoms with Gasteiger partial charge in [0, 0.05) is 29.4 Å². The first-order valence-electron chi connectivity index (χ1n) is 10.1. The Morgan fingerprint density at radius 1 is 0.889 bits per heavy atom. The summed E-state index contributed by atoms with van der Waals surface area (Å²) in [5.74, 6) is -4.18. The predicted molar refractivity (Wildman–Crippen MR) is 120 cm³/mol. The zero-order valence-electron chi connectivity index (χ0n) is 18.7. The Hall–Kier alpha value is -4.61. The second-order valence-electron chi connectivity index (χ2n) is 7.18. The molecule has 2 aromatic carbocycles. The van der Waals surface area contributed by atoms with Gasteiger partial charge in [0.15, 0.2) is 28.9 Å². The van der Waals surface area contributed by atoms with Crippen molar-refractivity contribution in [2.45, 2.75) is 6.61 Å². The SMILES string of the molecule is COc1cc2c(Oc3c(F)cc(-c4nccc(OC)c4C(N)=O)cc3F)ccnc2cc1OC(F)F. The summed E-state index contributed by atoms with van der Waals surface area (Å²) < 4.78 is 75.7. The Morgan fingerprint density at radius 2 is 1.53 bits per heavy atom. The minimum absolute atomic E-state index is 0.0372. The molecule has 4 aromatic rings. The number of nitrogens with zero attached hydrogens (tertiary/aromatic N) is 2. The summed E-state index contributed by atoms with van der Waals surface area (Å²) in [6.07, 6.45) is 2.56. The molecule has 4 rings (SSSR count). The monoisotopic (exact) mass is 503 g/mol. The molecule has 0 saturated carbocycles. The molecule has 0 bridgehead atoms. The van der Waals surface area contributed by atoms with E-state index in [1.165, 1.54) is 50.9 Å². The number of hydrogen-bond donors (Lipinski definition) is 1. The standard InChI is InChI=1S/C24H17F4N3O5/c1-33-17-4-6-31-21(20(17)23(29)32)11-7-13(25)22(14(26)8-11)35-16-3-5-30-15-10-19(36-24(27)28)18(34-2)9-12(15)16/h3-10,24H,1-2H3,(H2,29,32). The Kier molecular flexibility index (Phi) is 6.77. The summed E-state index contributed by atoms with van der Waals surface area (Å²) in [7, 11) is 2.54. The molecule has 0 spiro atoms. The first-order chi connectivity index (χ1) is 17.2. The number of carbonyl (C=O) groups excluding carboxylic acids is 1. The number of hydrogen-bond acceptors (Lipinski definition) is 7. The Bertz CT molecular complexity index is 1440. The first kappa shape index (κ1) is 24.5. The quantitative estimate of drug-likeness (QED) is 0.334. The van der Waals surface area contributed by atoms with Gasteiger partial charge in [0.05, 0.1) is 25.4 Å². The maximum Gasteiger partial charge on any atom is 0.387 e. The van der Waals surface area contributed by atoms with Gasteiger partial charge in [-0.05, 0) is 30.3 Å². The van der Waals surface area contributed by atoms with Crippen LogP contribution in [0, 0.1) is 11.6 Å². The lowest BCUT2D eigenvalue weighted by molar-refractivity contribution is -0.0511. The van der Waals surface area contributed by atoms with E-state index < -0.39 is 29.9 Å². The van der Waals surface area contributed by atoms with Crippen LogP contribution in [0.15, 0.2) is 48.8 Å². The van der Waals surface area contributed by atoms with E-state index in [0.717, 1.165) is 12.1 Å². The number of nitrogens with two attached hydrogens (primary N) is 1. The zero-order chi connectivity index (χ0) is 26.0. The molecular formula is C24H17F4N3O5. The maximum atomic E-state index is 15.1. The first-order valence-corrected chi connectivity index (χ1v) is 10.1. The zero-order valence-corrected chi connectivity index (χ0v) is 18.7. The number of fused-ring (bicyclic) bond motifs is 1. The van der Waals surface area contributed by atoms with Gasteiger partial charge in [-0.3, -0.25) is 14.8 Å². The normalized spacial score (nSPS) is 11.0. The number of carbonyl (C=O) groups is 1. The maximum absolute atomic E-state index is 15.1. The summed E-state index contributed by atoms with van der Waals surface area (Å²) in [6.45, 7) is -3.10. The Morgan fingerprint density at radius 3 is 2.14 bits per heavy atom. The van der Waals surface area contributed by atoms with Crippen LogP contribution in [-0.2, 0) is 0 Å². The number of methoxy groups -OCH3 is 2. The van der Waals surface area contributed by atoms with Crippen molar-refractivity contribution in [2.75, 3.05) is 14.2 Å². The summed E-state index contributed by atoms with van der Waals surface area (Å²) in [5, 5.41) is 0.212. The predicted octanol–water partition coefficient (Wildman–Crippen LogP) is 5.08.